The summed E-state index contributed by atoms with van der Waals surface area (Å²) < 4.78 is 14.2. The van der Waals surface area contributed by atoms with Gasteiger partial charge in [0.2, 0.25) is 6.08 Å². The maximum atomic E-state index is 11.7. The Balaban J connectivity index is 2.89. The number of hydrogen-bond acceptors (Lipinski definition) is 7. The van der Waals surface area contributed by atoms with Crippen molar-refractivity contribution < 1.29 is 23.8 Å². The highest BCUT2D eigenvalue weighted by Gasteiger charge is 2.20. The second-order valence-electron chi connectivity index (χ2n) is 4.10. The quantitative estimate of drug-likeness (QED) is 0.246. The minimum absolute atomic E-state index is 0.125. The largest absolute Gasteiger partial charge is 0.437 e. The number of methoxy groups -OCH3 is 1. The first-order valence-corrected chi connectivity index (χ1v) is 6.00. The summed E-state index contributed by atoms with van der Waals surface area (Å²) in [6, 6.07) is 4.08. The molecule has 1 aromatic rings. The predicted octanol–water partition coefficient (Wildman–Crippen LogP) is 1.25. The summed E-state index contributed by atoms with van der Waals surface area (Å²) in [6.45, 7) is 1.56. The van der Waals surface area contributed by atoms with Crippen LogP contribution in [0.25, 0.3) is 0 Å². The second-order valence-corrected chi connectivity index (χ2v) is 4.10. The molecule has 7 heteroatoms. The molecule has 1 atom stereocenters. The fraction of sp³-hybridized carbons (Fsp3) is 0.357. The molecule has 0 aromatic heterocycles. The second kappa shape index (κ2) is 8.48. The Morgan fingerprint density at radius 2 is 2.24 bits per heavy atom. The number of esters is 1. The monoisotopic (exact) mass is 290 g/mol. The fourth-order valence-corrected chi connectivity index (χ4v) is 1.61. The van der Waals surface area contributed by atoms with Gasteiger partial charge in [-0.1, -0.05) is 12.1 Å². The van der Waals surface area contributed by atoms with Gasteiger partial charge in [0, 0.05) is 13.5 Å². The first-order chi connectivity index (χ1) is 10.1. The van der Waals surface area contributed by atoms with E-state index in [0.29, 0.717) is 11.3 Å². The number of carbonyl (C=O) groups excluding carboxylic acids is 2. The Hall–Kier alpha value is -2.68. The number of benzene rings is 1. The summed E-state index contributed by atoms with van der Waals surface area (Å²) in [5, 5.41) is 8.56. The summed E-state index contributed by atoms with van der Waals surface area (Å²) in [6.07, 6.45) is 3.06. The van der Waals surface area contributed by atoms with E-state index in [1.807, 2.05) is 0 Å². The average Bonchev–Trinajstić information content (AvgIpc) is 2.48. The summed E-state index contributed by atoms with van der Waals surface area (Å²) in [7, 11) is 1.37. The molecule has 21 heavy (non-hydrogen) atoms. The lowest BCUT2D eigenvalue weighted by atomic mass is 10.0. The van der Waals surface area contributed by atoms with Gasteiger partial charge in [0.05, 0.1) is 0 Å². The van der Waals surface area contributed by atoms with Crippen molar-refractivity contribution in [1.29, 1.82) is 5.26 Å². The third-order valence-corrected chi connectivity index (χ3v) is 2.64. The highest BCUT2D eigenvalue weighted by atomic mass is 16.7. The van der Waals surface area contributed by atoms with Crippen molar-refractivity contribution in [3.8, 4) is 12.0 Å². The molecule has 0 aliphatic heterocycles. The van der Waals surface area contributed by atoms with E-state index in [9.17, 15) is 9.59 Å². The molecule has 0 saturated carbocycles. The van der Waals surface area contributed by atoms with Crippen molar-refractivity contribution in [3.63, 3.8) is 0 Å². The highest BCUT2D eigenvalue weighted by molar-refractivity contribution is 5.77. The van der Waals surface area contributed by atoms with Crippen LogP contribution in [0.4, 0.5) is 0 Å². The number of rotatable bonds is 7. The fourth-order valence-electron chi connectivity index (χ4n) is 1.61. The molecule has 0 heterocycles. The summed E-state index contributed by atoms with van der Waals surface area (Å²) in [5.41, 5.74) is 1.45. The molecule has 1 rings (SSSR count). The Kier molecular flexibility index (Phi) is 6.61. The van der Waals surface area contributed by atoms with Gasteiger partial charge in [0.1, 0.15) is 5.75 Å². The van der Waals surface area contributed by atoms with E-state index in [1.54, 1.807) is 31.4 Å². The van der Waals surface area contributed by atoms with E-state index in [1.165, 1.54) is 13.2 Å². The number of isocyanates is 1. The number of aliphatic imine (C=N–C) groups is 1. The van der Waals surface area contributed by atoms with Crippen LogP contribution in [0, 0.1) is 18.4 Å². The van der Waals surface area contributed by atoms with Crippen molar-refractivity contribution in [1.82, 2.24) is 0 Å². The van der Waals surface area contributed by atoms with Crippen LogP contribution in [0.5, 0.6) is 5.75 Å². The zero-order valence-electron chi connectivity index (χ0n) is 11.7. The maximum Gasteiger partial charge on any atom is 0.334 e. The number of ether oxygens (including phenoxy) is 3. The number of nitriles is 1. The highest BCUT2D eigenvalue weighted by Crippen LogP contribution is 2.21. The van der Waals surface area contributed by atoms with Crippen LogP contribution in [0.2, 0.25) is 0 Å². The molecule has 0 spiro atoms. The zero-order chi connectivity index (χ0) is 15.7. The van der Waals surface area contributed by atoms with Crippen LogP contribution in [0.15, 0.2) is 23.2 Å². The van der Waals surface area contributed by atoms with Crippen molar-refractivity contribution in [2.45, 2.75) is 19.4 Å². The summed E-state index contributed by atoms with van der Waals surface area (Å²) in [4.78, 5) is 25.6. The summed E-state index contributed by atoms with van der Waals surface area (Å²) >= 11 is 0. The van der Waals surface area contributed by atoms with E-state index in [0.717, 1.165) is 5.56 Å². The molecule has 110 valence electrons. The first kappa shape index (κ1) is 16.4. The van der Waals surface area contributed by atoms with Crippen molar-refractivity contribution in [2.24, 2.45) is 4.99 Å². The van der Waals surface area contributed by atoms with E-state index in [2.05, 4.69) is 9.73 Å². The Bertz CT molecular complexity index is 588. The molecule has 7 nitrogen and oxygen atoms in total. The van der Waals surface area contributed by atoms with Gasteiger partial charge in [-0.05, 0) is 24.1 Å². The van der Waals surface area contributed by atoms with Crippen molar-refractivity contribution in [3.05, 3.63) is 29.3 Å². The first-order valence-electron chi connectivity index (χ1n) is 6.00. The van der Waals surface area contributed by atoms with Gasteiger partial charge in [0.25, 0.3) is 6.26 Å². The van der Waals surface area contributed by atoms with Gasteiger partial charge in [0.15, 0.2) is 12.8 Å². The van der Waals surface area contributed by atoms with Gasteiger partial charge in [-0.2, -0.15) is 4.99 Å². The van der Waals surface area contributed by atoms with Crippen LogP contribution in [0.1, 0.15) is 11.1 Å². The molecule has 0 aliphatic rings. The lowest BCUT2D eigenvalue weighted by Gasteiger charge is -2.11. The van der Waals surface area contributed by atoms with Crippen molar-refractivity contribution >= 4 is 12.0 Å². The predicted molar refractivity (Wildman–Crippen MR) is 71.0 cm³/mol. The van der Waals surface area contributed by atoms with Gasteiger partial charge in [-0.3, -0.25) is 0 Å². The van der Waals surface area contributed by atoms with Gasteiger partial charge < -0.3 is 14.2 Å². The van der Waals surface area contributed by atoms with Crippen molar-refractivity contribution in [2.75, 3.05) is 13.9 Å². The molecule has 0 radical (unpaired) electrons. The molecule has 0 saturated heterocycles. The van der Waals surface area contributed by atoms with Crippen LogP contribution in [-0.4, -0.2) is 32.0 Å². The Labute approximate surface area is 121 Å². The van der Waals surface area contributed by atoms with Crippen LogP contribution >= 0.6 is 0 Å². The Morgan fingerprint density at radius 3 is 2.86 bits per heavy atom. The smallest absolute Gasteiger partial charge is 0.334 e. The lowest BCUT2D eigenvalue weighted by molar-refractivity contribution is -0.155. The van der Waals surface area contributed by atoms with Gasteiger partial charge in [-0.25, -0.2) is 9.59 Å². The minimum Gasteiger partial charge on any atom is -0.437 e. The molecule has 0 amide bonds. The molecule has 1 aromatic carbocycles. The minimum atomic E-state index is -1.02. The maximum absolute atomic E-state index is 11.7. The molecule has 0 N–H and O–H groups in total. The number of aryl methyl sites for hydroxylation is 1. The van der Waals surface area contributed by atoms with Gasteiger partial charge in [-0.15, -0.1) is 5.26 Å². The molecule has 0 fully saturated rings. The van der Waals surface area contributed by atoms with Gasteiger partial charge >= 0.3 is 5.97 Å². The van der Waals surface area contributed by atoms with E-state index >= 15 is 0 Å². The van der Waals surface area contributed by atoms with Crippen LogP contribution in [0.3, 0.4) is 0 Å². The SMILES string of the molecule is COCOC(=O)C(Cc1ccc(C)c(OC#N)c1)N=C=O. The number of hydrogen-bond donors (Lipinski definition) is 0. The zero-order valence-corrected chi connectivity index (χ0v) is 11.7. The topological polar surface area (TPSA) is 98.0 Å². The summed E-state index contributed by atoms with van der Waals surface area (Å²) in [5.74, 6) is -0.308. The molecule has 1 unspecified atom stereocenters. The molecule has 0 bridgehead atoms. The number of carbonyl (C=O) groups is 1. The average molecular weight is 290 g/mol. The molecular weight excluding hydrogens is 276 g/mol. The van der Waals surface area contributed by atoms with Crippen LogP contribution in [-0.2, 0) is 25.5 Å². The van der Waals surface area contributed by atoms with E-state index in [-0.39, 0.29) is 13.2 Å². The normalized spacial score (nSPS) is 10.9. The third-order valence-electron chi connectivity index (χ3n) is 2.64. The molecular formula is C14H14N2O5. The number of nitrogens with zero attached hydrogens (tertiary/aromatic N) is 2. The third kappa shape index (κ3) is 5.07. The lowest BCUT2D eigenvalue weighted by Crippen LogP contribution is -2.24. The van der Waals surface area contributed by atoms with E-state index < -0.39 is 12.0 Å². The Morgan fingerprint density at radius 1 is 1.48 bits per heavy atom. The standard InChI is InChI=1S/C14H14N2O5/c1-10-3-4-11(6-13(10)20-7-15)5-12(16-8-17)14(18)21-9-19-2/h3-4,6,12H,5,9H2,1-2H3. The van der Waals surface area contributed by atoms with E-state index in [4.69, 9.17) is 14.7 Å². The molecule has 0 aliphatic carbocycles. The van der Waals surface area contributed by atoms with Crippen LogP contribution < -0.4 is 4.74 Å².